The molecule has 0 heterocycles. The van der Waals surface area contributed by atoms with E-state index >= 15 is 0 Å². The summed E-state index contributed by atoms with van der Waals surface area (Å²) in [4.78, 5) is -0.308. The molecular formula is C11H11F2NO2S. The van der Waals surface area contributed by atoms with E-state index in [0.717, 1.165) is 12.1 Å². The first-order valence-electron chi connectivity index (χ1n) is 4.85. The van der Waals surface area contributed by atoms with Gasteiger partial charge in [-0.25, -0.2) is 21.9 Å². The van der Waals surface area contributed by atoms with Gasteiger partial charge in [-0.1, -0.05) is 0 Å². The van der Waals surface area contributed by atoms with Gasteiger partial charge in [0.2, 0.25) is 10.0 Å². The number of unbranched alkanes of at least 4 members (excludes halogenated alkanes) is 1. The highest BCUT2D eigenvalue weighted by Gasteiger charge is 2.15. The summed E-state index contributed by atoms with van der Waals surface area (Å²) in [7, 11) is -3.81. The Balaban J connectivity index is 2.76. The number of nitrogens with one attached hydrogen (secondary N) is 1. The Bertz CT molecular complexity index is 535. The molecule has 0 saturated heterocycles. The number of rotatable bonds is 5. The third-order valence-corrected chi connectivity index (χ3v) is 3.45. The fourth-order valence-corrected chi connectivity index (χ4v) is 2.21. The van der Waals surface area contributed by atoms with Gasteiger partial charge < -0.3 is 0 Å². The zero-order chi connectivity index (χ0) is 12.9. The minimum absolute atomic E-state index is 0.158. The highest BCUT2D eigenvalue weighted by Crippen LogP contribution is 2.13. The van der Waals surface area contributed by atoms with Crippen molar-refractivity contribution < 1.29 is 17.2 Å². The molecule has 0 aromatic heterocycles. The van der Waals surface area contributed by atoms with Crippen LogP contribution in [0.1, 0.15) is 12.8 Å². The van der Waals surface area contributed by atoms with E-state index in [1.807, 2.05) is 0 Å². The molecule has 0 bridgehead atoms. The Hall–Kier alpha value is -1.45. The molecule has 0 aliphatic heterocycles. The number of halogens is 2. The maximum atomic E-state index is 12.9. The molecule has 17 heavy (non-hydrogen) atoms. The lowest BCUT2D eigenvalue weighted by Gasteiger charge is -2.06. The summed E-state index contributed by atoms with van der Waals surface area (Å²) in [5, 5.41) is 0. The van der Waals surface area contributed by atoms with E-state index in [1.54, 1.807) is 0 Å². The molecule has 0 spiro atoms. The minimum atomic E-state index is -3.81. The van der Waals surface area contributed by atoms with E-state index in [9.17, 15) is 17.2 Å². The van der Waals surface area contributed by atoms with E-state index in [4.69, 9.17) is 6.42 Å². The fourth-order valence-electron chi connectivity index (χ4n) is 1.12. The highest BCUT2D eigenvalue weighted by atomic mass is 32.2. The molecule has 6 heteroatoms. The zero-order valence-corrected chi connectivity index (χ0v) is 9.73. The van der Waals surface area contributed by atoms with Crippen LogP contribution in [-0.4, -0.2) is 15.0 Å². The van der Waals surface area contributed by atoms with Gasteiger partial charge >= 0.3 is 0 Å². The summed E-state index contributed by atoms with van der Waals surface area (Å²) in [5.74, 6) is 0.0814. The average Bonchev–Trinajstić information content (AvgIpc) is 2.28. The van der Waals surface area contributed by atoms with Crippen LogP contribution in [-0.2, 0) is 10.0 Å². The number of hydrogen-bond donors (Lipinski definition) is 1. The van der Waals surface area contributed by atoms with Crippen LogP contribution in [0, 0.1) is 24.0 Å². The van der Waals surface area contributed by atoms with Crippen molar-refractivity contribution in [3.05, 3.63) is 29.8 Å². The van der Waals surface area contributed by atoms with E-state index < -0.39 is 21.7 Å². The molecule has 1 rings (SSSR count). The number of sulfonamides is 1. The summed E-state index contributed by atoms with van der Waals surface area (Å²) >= 11 is 0. The normalized spacial score (nSPS) is 11.1. The molecule has 0 unspecified atom stereocenters. The summed E-state index contributed by atoms with van der Waals surface area (Å²) in [5.41, 5.74) is 0. The molecule has 92 valence electrons. The van der Waals surface area contributed by atoms with Gasteiger partial charge in [-0.05, 0) is 24.6 Å². The molecule has 1 aromatic carbocycles. The van der Waals surface area contributed by atoms with E-state index in [0.29, 0.717) is 18.9 Å². The largest absolute Gasteiger partial charge is 0.240 e. The quantitative estimate of drug-likeness (QED) is 0.645. The van der Waals surface area contributed by atoms with Crippen LogP contribution in [0.5, 0.6) is 0 Å². The van der Waals surface area contributed by atoms with E-state index in [1.165, 1.54) is 0 Å². The van der Waals surface area contributed by atoms with Crippen molar-refractivity contribution in [3.8, 4) is 12.3 Å². The van der Waals surface area contributed by atoms with Crippen molar-refractivity contribution in [2.45, 2.75) is 17.7 Å². The zero-order valence-electron chi connectivity index (χ0n) is 8.91. The van der Waals surface area contributed by atoms with Crippen LogP contribution < -0.4 is 4.72 Å². The Kier molecular flexibility index (Phi) is 4.61. The standard InChI is InChI=1S/C11H11F2NO2S/c1-2-3-4-7-14-17(15,16)9-5-6-10(12)11(13)8-9/h1,5-6,8,14H,3-4,7H2. The van der Waals surface area contributed by atoms with E-state index in [-0.39, 0.29) is 11.4 Å². The Morgan fingerprint density at radius 3 is 2.59 bits per heavy atom. The van der Waals surface area contributed by atoms with Gasteiger partial charge in [0.05, 0.1) is 4.90 Å². The molecule has 1 N–H and O–H groups in total. The summed E-state index contributed by atoms with van der Waals surface area (Å²) in [6.45, 7) is 0.158. The first kappa shape index (κ1) is 13.6. The molecule has 0 aliphatic carbocycles. The number of hydrogen-bond acceptors (Lipinski definition) is 2. The maximum Gasteiger partial charge on any atom is 0.240 e. The topological polar surface area (TPSA) is 46.2 Å². The van der Waals surface area contributed by atoms with Crippen LogP contribution in [0.15, 0.2) is 23.1 Å². The highest BCUT2D eigenvalue weighted by molar-refractivity contribution is 7.89. The summed E-state index contributed by atoms with van der Waals surface area (Å²) in [6, 6.07) is 2.41. The van der Waals surface area contributed by atoms with Gasteiger partial charge in [-0.3, -0.25) is 0 Å². The van der Waals surface area contributed by atoms with Gasteiger partial charge in [-0.2, -0.15) is 0 Å². The van der Waals surface area contributed by atoms with Crippen molar-refractivity contribution >= 4 is 10.0 Å². The third kappa shape index (κ3) is 3.80. The van der Waals surface area contributed by atoms with Gasteiger partial charge in [0, 0.05) is 13.0 Å². The lowest BCUT2D eigenvalue weighted by Crippen LogP contribution is -2.24. The molecular weight excluding hydrogens is 248 g/mol. The second-order valence-electron chi connectivity index (χ2n) is 3.28. The molecule has 0 fully saturated rings. The van der Waals surface area contributed by atoms with Crippen molar-refractivity contribution in [3.63, 3.8) is 0 Å². The van der Waals surface area contributed by atoms with Crippen LogP contribution in [0.25, 0.3) is 0 Å². The predicted octanol–water partition coefficient (Wildman–Crippen LogP) is 1.66. The number of benzene rings is 1. The molecule has 1 aromatic rings. The average molecular weight is 259 g/mol. The van der Waals surface area contributed by atoms with Crippen LogP contribution in [0.4, 0.5) is 8.78 Å². The second kappa shape index (κ2) is 5.75. The second-order valence-corrected chi connectivity index (χ2v) is 5.05. The first-order valence-corrected chi connectivity index (χ1v) is 6.34. The predicted molar refractivity (Wildman–Crippen MR) is 59.6 cm³/mol. The van der Waals surface area contributed by atoms with Crippen molar-refractivity contribution in [1.82, 2.24) is 4.72 Å². The van der Waals surface area contributed by atoms with Crippen LogP contribution >= 0.6 is 0 Å². The monoisotopic (exact) mass is 259 g/mol. The third-order valence-electron chi connectivity index (χ3n) is 1.99. The SMILES string of the molecule is C#CCCCNS(=O)(=O)c1ccc(F)c(F)c1. The number of terminal acetylenes is 1. The van der Waals surface area contributed by atoms with Crippen molar-refractivity contribution in [1.29, 1.82) is 0 Å². The molecule has 0 atom stereocenters. The molecule has 0 radical (unpaired) electrons. The fraction of sp³-hybridized carbons (Fsp3) is 0.273. The Labute approximate surface area is 98.9 Å². The maximum absolute atomic E-state index is 12.9. The van der Waals surface area contributed by atoms with Crippen molar-refractivity contribution in [2.75, 3.05) is 6.54 Å². The summed E-state index contributed by atoms with van der Waals surface area (Å²) < 4.78 is 50.9. The summed E-state index contributed by atoms with van der Waals surface area (Å²) in [6.07, 6.45) is 5.94. The molecule has 3 nitrogen and oxygen atoms in total. The molecule has 0 aliphatic rings. The van der Waals surface area contributed by atoms with Gasteiger partial charge in [0.1, 0.15) is 0 Å². The lowest BCUT2D eigenvalue weighted by molar-refractivity contribution is 0.504. The van der Waals surface area contributed by atoms with Crippen molar-refractivity contribution in [2.24, 2.45) is 0 Å². The van der Waals surface area contributed by atoms with E-state index in [2.05, 4.69) is 10.6 Å². The van der Waals surface area contributed by atoms with Gasteiger partial charge in [0.15, 0.2) is 11.6 Å². The lowest BCUT2D eigenvalue weighted by atomic mass is 10.3. The first-order chi connectivity index (χ1) is 7.97. The van der Waals surface area contributed by atoms with Crippen LogP contribution in [0.3, 0.4) is 0 Å². The molecule has 0 amide bonds. The van der Waals surface area contributed by atoms with Crippen LogP contribution in [0.2, 0.25) is 0 Å². The van der Waals surface area contributed by atoms with Gasteiger partial charge in [0.25, 0.3) is 0 Å². The Morgan fingerprint density at radius 2 is 2.00 bits per heavy atom. The smallest absolute Gasteiger partial charge is 0.211 e. The van der Waals surface area contributed by atoms with Gasteiger partial charge in [-0.15, -0.1) is 12.3 Å². The minimum Gasteiger partial charge on any atom is -0.211 e. The molecule has 0 saturated carbocycles. The Morgan fingerprint density at radius 1 is 1.29 bits per heavy atom.